The van der Waals surface area contributed by atoms with E-state index in [0.717, 1.165) is 53.5 Å². The van der Waals surface area contributed by atoms with Crippen molar-refractivity contribution in [2.24, 2.45) is 0 Å². The van der Waals surface area contributed by atoms with Crippen LogP contribution in [0.25, 0.3) is 16.9 Å². The minimum atomic E-state index is -0.0920. The molecule has 1 atom stereocenters. The summed E-state index contributed by atoms with van der Waals surface area (Å²) < 4.78 is 3.49. The Labute approximate surface area is 173 Å². The van der Waals surface area contributed by atoms with Crippen LogP contribution < -0.4 is 10.5 Å². The lowest BCUT2D eigenvalue weighted by Crippen LogP contribution is -2.38. The van der Waals surface area contributed by atoms with Crippen LogP contribution in [0.3, 0.4) is 0 Å². The first-order valence-corrected chi connectivity index (χ1v) is 10.2. The largest absolute Gasteiger partial charge is 0.352 e. The maximum absolute atomic E-state index is 12.5. The van der Waals surface area contributed by atoms with Crippen molar-refractivity contribution < 1.29 is 0 Å². The van der Waals surface area contributed by atoms with Crippen LogP contribution >= 0.6 is 0 Å². The number of hydrogen-bond donors (Lipinski definition) is 0. The molecule has 5 rings (SSSR count). The first-order valence-electron chi connectivity index (χ1n) is 10.2. The van der Waals surface area contributed by atoms with Gasteiger partial charge in [-0.2, -0.15) is 14.7 Å². The Morgan fingerprint density at radius 3 is 2.70 bits per heavy atom. The summed E-state index contributed by atoms with van der Waals surface area (Å²) >= 11 is 0. The average Bonchev–Trinajstić information content (AvgIpc) is 3.35. The Morgan fingerprint density at radius 1 is 1.03 bits per heavy atom. The molecule has 8 nitrogen and oxygen atoms in total. The fourth-order valence-corrected chi connectivity index (χ4v) is 4.18. The van der Waals surface area contributed by atoms with Crippen molar-refractivity contribution in [3.05, 3.63) is 70.5 Å². The van der Waals surface area contributed by atoms with Gasteiger partial charge in [0.05, 0.1) is 24.0 Å². The molecule has 0 saturated carbocycles. The van der Waals surface area contributed by atoms with E-state index in [1.54, 1.807) is 29.2 Å². The van der Waals surface area contributed by atoms with Crippen LogP contribution in [0.2, 0.25) is 0 Å². The molecule has 1 fully saturated rings. The lowest BCUT2D eigenvalue weighted by atomic mass is 10.2. The molecule has 0 radical (unpaired) electrons. The van der Waals surface area contributed by atoms with Gasteiger partial charge in [0.25, 0.3) is 5.56 Å². The van der Waals surface area contributed by atoms with Crippen molar-refractivity contribution in [1.29, 1.82) is 0 Å². The highest BCUT2D eigenvalue weighted by atomic mass is 16.1. The van der Waals surface area contributed by atoms with Crippen LogP contribution in [0.4, 0.5) is 5.82 Å². The van der Waals surface area contributed by atoms with E-state index in [-0.39, 0.29) is 11.6 Å². The van der Waals surface area contributed by atoms with Crippen LogP contribution in [-0.2, 0) is 6.54 Å². The Bertz CT molecular complexity index is 1260. The second-order valence-corrected chi connectivity index (χ2v) is 7.78. The maximum atomic E-state index is 12.5. The van der Waals surface area contributed by atoms with Gasteiger partial charge in [-0.1, -0.05) is 0 Å². The van der Waals surface area contributed by atoms with Gasteiger partial charge in [-0.15, -0.1) is 0 Å². The van der Waals surface area contributed by atoms with Gasteiger partial charge in [-0.3, -0.25) is 9.78 Å². The third-order valence-electron chi connectivity index (χ3n) is 5.56. The molecule has 8 heteroatoms. The lowest BCUT2D eigenvalue weighted by molar-refractivity contribution is 0.487. The fourth-order valence-electron chi connectivity index (χ4n) is 4.18. The number of aryl methyl sites for hydroxylation is 2. The molecule has 1 aliphatic heterocycles. The molecule has 4 aromatic rings. The summed E-state index contributed by atoms with van der Waals surface area (Å²) in [5, 5.41) is 9.27. The minimum Gasteiger partial charge on any atom is -0.352 e. The van der Waals surface area contributed by atoms with E-state index in [2.05, 4.69) is 31.1 Å². The molecule has 0 spiro atoms. The summed E-state index contributed by atoms with van der Waals surface area (Å²) in [7, 11) is 0. The number of nitrogens with zero attached hydrogens (tertiary/aromatic N) is 7. The molecule has 0 aromatic carbocycles. The maximum Gasteiger partial charge on any atom is 0.266 e. The molecule has 1 unspecified atom stereocenters. The van der Waals surface area contributed by atoms with E-state index < -0.39 is 0 Å². The quantitative estimate of drug-likeness (QED) is 0.523. The number of pyridine rings is 1. The second-order valence-electron chi connectivity index (χ2n) is 7.78. The Kier molecular flexibility index (Phi) is 4.54. The van der Waals surface area contributed by atoms with Gasteiger partial charge in [0.2, 0.25) is 0 Å². The van der Waals surface area contributed by atoms with Gasteiger partial charge >= 0.3 is 0 Å². The summed E-state index contributed by atoms with van der Waals surface area (Å²) in [6, 6.07) is 11.4. The molecule has 4 aromatic heterocycles. The molecule has 0 amide bonds. The smallest absolute Gasteiger partial charge is 0.266 e. The number of anilines is 1. The van der Waals surface area contributed by atoms with E-state index in [4.69, 9.17) is 0 Å². The summed E-state index contributed by atoms with van der Waals surface area (Å²) in [5.74, 6) is 1.02. The van der Waals surface area contributed by atoms with Gasteiger partial charge in [0, 0.05) is 48.4 Å². The summed E-state index contributed by atoms with van der Waals surface area (Å²) in [6.45, 7) is 5.42. The first-order chi connectivity index (χ1) is 14.6. The highest BCUT2D eigenvalue weighted by molar-refractivity contribution is 5.57. The van der Waals surface area contributed by atoms with Crippen LogP contribution in [-0.4, -0.2) is 41.9 Å². The van der Waals surface area contributed by atoms with Crippen molar-refractivity contribution in [3.63, 3.8) is 0 Å². The number of rotatable bonds is 4. The van der Waals surface area contributed by atoms with Crippen LogP contribution in [0.5, 0.6) is 0 Å². The number of fused-ring (bicyclic) bond motifs is 1. The van der Waals surface area contributed by atoms with E-state index in [1.165, 1.54) is 0 Å². The van der Waals surface area contributed by atoms with E-state index in [9.17, 15) is 4.79 Å². The molecule has 0 N–H and O–H groups in total. The minimum absolute atomic E-state index is 0.0920. The third-order valence-corrected chi connectivity index (χ3v) is 5.56. The Hall–Kier alpha value is -3.55. The highest BCUT2D eigenvalue weighted by Gasteiger charge is 2.28. The number of aromatic nitrogens is 6. The molecule has 152 valence electrons. The van der Waals surface area contributed by atoms with E-state index >= 15 is 0 Å². The van der Waals surface area contributed by atoms with Crippen molar-refractivity contribution in [2.75, 3.05) is 11.4 Å². The molecule has 0 bridgehead atoms. The van der Waals surface area contributed by atoms with Gasteiger partial charge in [0.1, 0.15) is 5.82 Å². The van der Waals surface area contributed by atoms with Crippen molar-refractivity contribution in [1.82, 2.24) is 29.4 Å². The van der Waals surface area contributed by atoms with Crippen molar-refractivity contribution in [2.45, 2.75) is 39.3 Å². The Morgan fingerprint density at radius 2 is 1.87 bits per heavy atom. The molecule has 1 aliphatic rings. The normalized spacial score (nSPS) is 16.5. The van der Waals surface area contributed by atoms with Gasteiger partial charge in [-0.25, -0.2) is 9.67 Å². The fraction of sp³-hybridized carbons (Fsp3) is 0.318. The predicted molar refractivity (Wildman–Crippen MR) is 115 cm³/mol. The predicted octanol–water partition coefficient (Wildman–Crippen LogP) is 2.63. The molecular weight excluding hydrogens is 378 g/mol. The topological polar surface area (TPSA) is 81.2 Å². The van der Waals surface area contributed by atoms with Crippen LogP contribution in [0.15, 0.2) is 53.6 Å². The Balaban J connectivity index is 1.49. The zero-order chi connectivity index (χ0) is 20.7. The van der Waals surface area contributed by atoms with Crippen LogP contribution in [0, 0.1) is 13.8 Å². The molecule has 5 heterocycles. The molecule has 1 saturated heterocycles. The zero-order valence-electron chi connectivity index (χ0n) is 17.1. The summed E-state index contributed by atoms with van der Waals surface area (Å²) in [4.78, 5) is 23.5. The standard InChI is InChI=1S/C22H23N7O/c1-15-13-21(29-20(24-15)12-16(2)25-29)27-11-3-4-18(27)14-28-22(30)6-5-19(26-28)17-7-9-23-10-8-17/h5-10,12-13,18H,3-4,11,14H2,1-2H3. The van der Waals surface area contributed by atoms with Gasteiger partial charge < -0.3 is 4.90 Å². The molecule has 0 aliphatic carbocycles. The van der Waals surface area contributed by atoms with Crippen LogP contribution in [0.1, 0.15) is 24.2 Å². The van der Waals surface area contributed by atoms with E-state index in [1.807, 2.05) is 36.6 Å². The summed E-state index contributed by atoms with van der Waals surface area (Å²) in [5.41, 5.74) is 4.37. The number of hydrogen-bond acceptors (Lipinski definition) is 6. The average molecular weight is 401 g/mol. The van der Waals surface area contributed by atoms with Crippen molar-refractivity contribution in [3.8, 4) is 11.3 Å². The first kappa shape index (κ1) is 18.5. The van der Waals surface area contributed by atoms with Gasteiger partial charge in [0.15, 0.2) is 5.65 Å². The highest BCUT2D eigenvalue weighted by Crippen LogP contribution is 2.27. The molecular formula is C22H23N7O. The molecule has 30 heavy (non-hydrogen) atoms. The zero-order valence-corrected chi connectivity index (χ0v) is 17.1. The van der Waals surface area contributed by atoms with Gasteiger partial charge in [-0.05, 0) is 44.9 Å². The third kappa shape index (κ3) is 3.34. The lowest BCUT2D eigenvalue weighted by Gasteiger charge is -2.27. The monoisotopic (exact) mass is 401 g/mol. The second kappa shape index (κ2) is 7.37. The summed E-state index contributed by atoms with van der Waals surface area (Å²) in [6.07, 6.45) is 5.52. The van der Waals surface area contributed by atoms with E-state index in [0.29, 0.717) is 6.54 Å². The van der Waals surface area contributed by atoms with Crippen molar-refractivity contribution >= 4 is 11.5 Å². The SMILES string of the molecule is Cc1cc(N2CCCC2Cn2nc(-c3ccncc3)ccc2=O)n2nc(C)cc2n1.